The summed E-state index contributed by atoms with van der Waals surface area (Å²) in [6.07, 6.45) is 2.84. The van der Waals surface area contributed by atoms with E-state index in [1.807, 2.05) is 25.4 Å². The Morgan fingerprint density at radius 2 is 2.21 bits per heavy atom. The van der Waals surface area contributed by atoms with E-state index in [9.17, 15) is 0 Å². The molecule has 0 aliphatic carbocycles. The van der Waals surface area contributed by atoms with Gasteiger partial charge in [-0.05, 0) is 18.6 Å². The number of H-pyrrole nitrogens is 1. The average molecular weight is 320 g/mol. The Balaban J connectivity index is 2.23. The van der Waals surface area contributed by atoms with Gasteiger partial charge in [-0.15, -0.1) is 0 Å². The largest absolute Gasteiger partial charge is 0.397 e. The highest BCUT2D eigenvalue weighted by atomic mass is 79.9. The van der Waals surface area contributed by atoms with Gasteiger partial charge in [-0.2, -0.15) is 5.10 Å². The summed E-state index contributed by atoms with van der Waals surface area (Å²) in [6.45, 7) is 2.08. The molecule has 0 aliphatic rings. The second kappa shape index (κ2) is 4.38. The van der Waals surface area contributed by atoms with E-state index in [0.717, 1.165) is 39.0 Å². The van der Waals surface area contributed by atoms with Crippen molar-refractivity contribution in [2.75, 3.05) is 5.73 Å². The first-order valence-electron chi connectivity index (χ1n) is 6.06. The number of rotatable bonds is 2. The standard InChI is InChI=1S/C13H14BrN5/c1-3-10-8(6-19(2)18-10)13-16-11-5-7(14)4-9(15)12(11)17-13/h4-6H,3,15H2,1-2H3,(H,16,17). The first kappa shape index (κ1) is 12.2. The highest BCUT2D eigenvalue weighted by Crippen LogP contribution is 2.28. The number of imidazole rings is 1. The number of aromatic nitrogens is 4. The summed E-state index contributed by atoms with van der Waals surface area (Å²) in [6, 6.07) is 3.83. The van der Waals surface area contributed by atoms with E-state index in [0.29, 0.717) is 5.69 Å². The quantitative estimate of drug-likeness (QED) is 0.713. The van der Waals surface area contributed by atoms with E-state index in [-0.39, 0.29) is 0 Å². The summed E-state index contributed by atoms with van der Waals surface area (Å²) in [5, 5.41) is 4.43. The molecule has 0 amide bonds. The second-order valence-corrected chi connectivity index (χ2v) is 5.41. The molecule has 0 unspecified atom stereocenters. The van der Waals surface area contributed by atoms with E-state index >= 15 is 0 Å². The van der Waals surface area contributed by atoms with Crippen LogP contribution in [0.2, 0.25) is 0 Å². The lowest BCUT2D eigenvalue weighted by atomic mass is 10.2. The molecule has 19 heavy (non-hydrogen) atoms. The maximum Gasteiger partial charge on any atom is 0.142 e. The van der Waals surface area contributed by atoms with E-state index in [4.69, 9.17) is 5.73 Å². The van der Waals surface area contributed by atoms with Gasteiger partial charge in [0.25, 0.3) is 0 Å². The lowest BCUT2D eigenvalue weighted by molar-refractivity contribution is 0.746. The molecule has 0 bridgehead atoms. The van der Waals surface area contributed by atoms with Crippen LogP contribution in [0.4, 0.5) is 5.69 Å². The van der Waals surface area contributed by atoms with Crippen molar-refractivity contribution in [3.8, 4) is 11.4 Å². The lowest BCUT2D eigenvalue weighted by Gasteiger charge is -1.94. The Bertz CT molecular complexity index is 756. The summed E-state index contributed by atoms with van der Waals surface area (Å²) < 4.78 is 2.75. The van der Waals surface area contributed by atoms with Gasteiger partial charge in [0.15, 0.2) is 0 Å². The highest BCUT2D eigenvalue weighted by Gasteiger charge is 2.14. The minimum absolute atomic E-state index is 0.661. The van der Waals surface area contributed by atoms with Gasteiger partial charge in [-0.25, -0.2) is 4.98 Å². The van der Waals surface area contributed by atoms with Crippen LogP contribution < -0.4 is 5.73 Å². The van der Waals surface area contributed by atoms with Crippen LogP contribution >= 0.6 is 15.9 Å². The summed E-state index contributed by atoms with van der Waals surface area (Å²) in [5.74, 6) is 0.810. The maximum absolute atomic E-state index is 5.99. The Morgan fingerprint density at radius 3 is 2.95 bits per heavy atom. The molecule has 2 heterocycles. The average Bonchev–Trinajstić information content (AvgIpc) is 2.91. The van der Waals surface area contributed by atoms with Gasteiger partial charge in [0.05, 0.1) is 22.5 Å². The molecule has 3 aromatic rings. The summed E-state index contributed by atoms with van der Waals surface area (Å²) in [7, 11) is 1.91. The molecule has 0 aliphatic heterocycles. The topological polar surface area (TPSA) is 72.5 Å². The smallest absolute Gasteiger partial charge is 0.142 e. The number of anilines is 1. The summed E-state index contributed by atoms with van der Waals surface area (Å²) in [5.41, 5.74) is 10.4. The Hall–Kier alpha value is -1.82. The maximum atomic E-state index is 5.99. The minimum atomic E-state index is 0.661. The molecule has 0 saturated heterocycles. The minimum Gasteiger partial charge on any atom is -0.397 e. The van der Waals surface area contributed by atoms with Gasteiger partial charge >= 0.3 is 0 Å². The molecule has 3 rings (SSSR count). The fourth-order valence-corrected chi connectivity index (χ4v) is 2.70. The molecule has 0 fully saturated rings. The molecule has 0 radical (unpaired) electrons. The SMILES string of the molecule is CCc1nn(C)cc1-c1nc2c(N)cc(Br)cc2[nH]1. The first-order chi connectivity index (χ1) is 9.08. The molecule has 0 spiro atoms. The molecule has 0 atom stereocenters. The van der Waals surface area contributed by atoms with Crippen molar-refractivity contribution in [1.29, 1.82) is 0 Å². The number of nitrogen functional groups attached to an aromatic ring is 1. The van der Waals surface area contributed by atoms with Gasteiger partial charge in [-0.3, -0.25) is 4.68 Å². The Morgan fingerprint density at radius 1 is 1.42 bits per heavy atom. The van der Waals surface area contributed by atoms with Crippen LogP contribution in [0.3, 0.4) is 0 Å². The zero-order chi connectivity index (χ0) is 13.6. The monoisotopic (exact) mass is 319 g/mol. The van der Waals surface area contributed by atoms with Crippen LogP contribution in [-0.4, -0.2) is 19.7 Å². The zero-order valence-corrected chi connectivity index (χ0v) is 12.3. The van der Waals surface area contributed by atoms with Crippen molar-refractivity contribution >= 4 is 32.7 Å². The van der Waals surface area contributed by atoms with E-state index in [2.05, 4.69) is 37.9 Å². The molecule has 1 aromatic carbocycles. The van der Waals surface area contributed by atoms with Gasteiger partial charge in [0, 0.05) is 17.7 Å². The molecule has 6 heteroatoms. The molecule has 0 saturated carbocycles. The van der Waals surface area contributed by atoms with Crippen LogP contribution in [0, 0.1) is 0 Å². The Labute approximate surface area is 119 Å². The third-order valence-electron chi connectivity index (χ3n) is 3.08. The number of aryl methyl sites for hydroxylation is 2. The predicted molar refractivity (Wildman–Crippen MR) is 79.8 cm³/mol. The lowest BCUT2D eigenvalue weighted by Crippen LogP contribution is -1.89. The van der Waals surface area contributed by atoms with Crippen LogP contribution in [-0.2, 0) is 13.5 Å². The first-order valence-corrected chi connectivity index (χ1v) is 6.85. The van der Waals surface area contributed by atoms with Crippen molar-refractivity contribution < 1.29 is 0 Å². The van der Waals surface area contributed by atoms with Gasteiger partial charge in [-0.1, -0.05) is 22.9 Å². The molecule has 5 nitrogen and oxygen atoms in total. The van der Waals surface area contributed by atoms with Crippen molar-refractivity contribution in [2.24, 2.45) is 7.05 Å². The number of hydrogen-bond acceptors (Lipinski definition) is 3. The number of halogens is 1. The van der Waals surface area contributed by atoms with Crippen LogP contribution in [0.15, 0.2) is 22.8 Å². The fraction of sp³-hybridized carbons (Fsp3) is 0.231. The van der Waals surface area contributed by atoms with E-state index < -0.39 is 0 Å². The number of benzene rings is 1. The number of nitrogens with one attached hydrogen (secondary N) is 1. The number of aromatic amines is 1. The zero-order valence-electron chi connectivity index (χ0n) is 10.7. The number of hydrogen-bond donors (Lipinski definition) is 2. The van der Waals surface area contributed by atoms with Crippen LogP contribution in [0.25, 0.3) is 22.4 Å². The van der Waals surface area contributed by atoms with Gasteiger partial charge in [0.1, 0.15) is 11.3 Å². The molecule has 98 valence electrons. The van der Waals surface area contributed by atoms with Gasteiger partial charge < -0.3 is 10.7 Å². The number of nitrogens with zero attached hydrogens (tertiary/aromatic N) is 3. The van der Waals surface area contributed by atoms with Crippen molar-refractivity contribution in [1.82, 2.24) is 19.7 Å². The third kappa shape index (κ3) is 2.02. The fourth-order valence-electron chi connectivity index (χ4n) is 2.23. The number of fused-ring (bicyclic) bond motifs is 1. The number of nitrogens with two attached hydrogens (primary N) is 1. The highest BCUT2D eigenvalue weighted by molar-refractivity contribution is 9.10. The molecule has 3 N–H and O–H groups in total. The van der Waals surface area contributed by atoms with Crippen molar-refractivity contribution in [2.45, 2.75) is 13.3 Å². The summed E-state index contributed by atoms with van der Waals surface area (Å²) >= 11 is 3.44. The molecular formula is C13H14BrN5. The second-order valence-electron chi connectivity index (χ2n) is 4.49. The van der Waals surface area contributed by atoms with Crippen molar-refractivity contribution in [3.63, 3.8) is 0 Å². The molecular weight excluding hydrogens is 306 g/mol. The molecule has 2 aromatic heterocycles. The van der Waals surface area contributed by atoms with E-state index in [1.54, 1.807) is 4.68 Å². The normalized spacial score (nSPS) is 11.3. The van der Waals surface area contributed by atoms with Crippen molar-refractivity contribution in [3.05, 3.63) is 28.5 Å². The predicted octanol–water partition coefficient (Wildman–Crippen LogP) is 2.87. The van der Waals surface area contributed by atoms with Gasteiger partial charge in [0.2, 0.25) is 0 Å². The Kier molecular flexibility index (Phi) is 2.82. The van der Waals surface area contributed by atoms with Crippen LogP contribution in [0.1, 0.15) is 12.6 Å². The van der Waals surface area contributed by atoms with E-state index in [1.165, 1.54) is 0 Å². The summed E-state index contributed by atoms with van der Waals surface area (Å²) in [4.78, 5) is 7.90. The van der Waals surface area contributed by atoms with Crippen LogP contribution in [0.5, 0.6) is 0 Å². The third-order valence-corrected chi connectivity index (χ3v) is 3.53.